The predicted octanol–water partition coefficient (Wildman–Crippen LogP) is 3.84. The summed E-state index contributed by atoms with van der Waals surface area (Å²) in [5.41, 5.74) is 5.42. The van der Waals surface area contributed by atoms with E-state index in [1.807, 2.05) is 0 Å². The van der Waals surface area contributed by atoms with E-state index in [2.05, 4.69) is 0 Å². The van der Waals surface area contributed by atoms with Crippen LogP contribution in [-0.2, 0) is 0 Å². The lowest BCUT2D eigenvalue weighted by molar-refractivity contribution is 0.562. The van der Waals surface area contributed by atoms with Gasteiger partial charge in [-0.2, -0.15) is 0 Å². The predicted molar refractivity (Wildman–Crippen MR) is 64.1 cm³/mol. The summed E-state index contributed by atoms with van der Waals surface area (Å²) in [5, 5.41) is 0. The number of allylic oxidation sites excluding steroid dienone is 1. The molecule has 14 heavy (non-hydrogen) atoms. The normalized spacial score (nSPS) is 10.4. The van der Waals surface area contributed by atoms with Crippen molar-refractivity contribution in [1.82, 2.24) is 0 Å². The molecule has 0 bridgehead atoms. The Morgan fingerprint density at radius 3 is 1.57 bits per heavy atom. The molecule has 0 rings (SSSR count). The van der Waals surface area contributed by atoms with Gasteiger partial charge >= 0.3 is 0 Å². The van der Waals surface area contributed by atoms with Crippen molar-refractivity contribution in [1.29, 1.82) is 0 Å². The zero-order valence-corrected chi connectivity index (χ0v) is 9.51. The molecule has 0 aromatic carbocycles. The Balaban J connectivity index is 2.81. The Morgan fingerprint density at radius 1 is 0.714 bits per heavy atom. The van der Waals surface area contributed by atoms with Gasteiger partial charge in [0.1, 0.15) is 0 Å². The summed E-state index contributed by atoms with van der Waals surface area (Å²) in [7, 11) is 0. The van der Waals surface area contributed by atoms with E-state index in [4.69, 9.17) is 12.3 Å². The van der Waals surface area contributed by atoms with Gasteiger partial charge in [-0.15, -0.1) is 0 Å². The monoisotopic (exact) mass is 196 g/mol. The van der Waals surface area contributed by atoms with E-state index in [1.54, 1.807) is 6.08 Å². The first kappa shape index (κ1) is 13.7. The fourth-order valence-electron chi connectivity index (χ4n) is 1.64. The molecule has 0 aromatic rings. The molecule has 0 amide bonds. The fourth-order valence-corrected chi connectivity index (χ4v) is 1.64. The summed E-state index contributed by atoms with van der Waals surface area (Å²) >= 11 is 0. The van der Waals surface area contributed by atoms with Crippen molar-refractivity contribution in [3.63, 3.8) is 0 Å². The second kappa shape index (κ2) is 12.7. The molecular formula is C13H26N. The van der Waals surface area contributed by atoms with E-state index in [0.29, 0.717) is 0 Å². The van der Waals surface area contributed by atoms with Crippen LogP contribution in [0.4, 0.5) is 0 Å². The quantitative estimate of drug-likeness (QED) is 0.499. The Morgan fingerprint density at radius 2 is 1.14 bits per heavy atom. The summed E-state index contributed by atoms with van der Waals surface area (Å²) in [6.45, 7) is 6.16. The highest BCUT2D eigenvalue weighted by atomic mass is 14.5. The molecule has 0 heterocycles. The SMILES string of the molecule is [CH]=CCCCCCCCCCCCN. The van der Waals surface area contributed by atoms with Crippen LogP contribution >= 0.6 is 0 Å². The number of unbranched alkanes of at least 4 members (excludes halogenated alkanes) is 9. The van der Waals surface area contributed by atoms with Gasteiger partial charge in [0, 0.05) is 0 Å². The van der Waals surface area contributed by atoms with Crippen LogP contribution in [0.25, 0.3) is 0 Å². The molecule has 0 atom stereocenters. The molecule has 0 aliphatic rings. The third kappa shape index (κ3) is 11.7. The molecule has 0 aromatic heterocycles. The van der Waals surface area contributed by atoms with Gasteiger partial charge in [0.05, 0.1) is 0 Å². The molecule has 0 saturated carbocycles. The molecule has 0 unspecified atom stereocenters. The first-order valence-corrected chi connectivity index (χ1v) is 6.15. The minimum Gasteiger partial charge on any atom is -0.330 e. The first-order valence-electron chi connectivity index (χ1n) is 6.15. The van der Waals surface area contributed by atoms with Crippen molar-refractivity contribution < 1.29 is 0 Å². The maximum atomic E-state index is 5.42. The molecule has 0 fully saturated rings. The maximum absolute atomic E-state index is 5.42. The molecule has 1 heteroatoms. The van der Waals surface area contributed by atoms with Crippen LogP contribution in [0.15, 0.2) is 6.08 Å². The number of hydrogen-bond acceptors (Lipinski definition) is 1. The average molecular weight is 196 g/mol. The molecule has 0 spiro atoms. The minimum absolute atomic E-state index is 0.857. The van der Waals surface area contributed by atoms with Gasteiger partial charge in [0.2, 0.25) is 0 Å². The van der Waals surface area contributed by atoms with Crippen molar-refractivity contribution in [3.05, 3.63) is 12.7 Å². The van der Waals surface area contributed by atoms with Crippen LogP contribution in [0, 0.1) is 6.58 Å². The minimum atomic E-state index is 0.857. The summed E-state index contributed by atoms with van der Waals surface area (Å²) in [5.74, 6) is 0. The average Bonchev–Trinajstić information content (AvgIpc) is 2.21. The number of rotatable bonds is 11. The summed E-state index contributed by atoms with van der Waals surface area (Å²) in [6.07, 6.45) is 14.9. The maximum Gasteiger partial charge on any atom is -0.00773 e. The van der Waals surface area contributed by atoms with Crippen molar-refractivity contribution in [3.8, 4) is 0 Å². The fraction of sp³-hybridized carbons (Fsp3) is 0.846. The third-order valence-electron chi connectivity index (χ3n) is 2.57. The van der Waals surface area contributed by atoms with E-state index in [-0.39, 0.29) is 0 Å². The number of nitrogens with two attached hydrogens (primary N) is 1. The smallest absolute Gasteiger partial charge is 0.00773 e. The van der Waals surface area contributed by atoms with Crippen molar-refractivity contribution >= 4 is 0 Å². The van der Waals surface area contributed by atoms with Gasteiger partial charge in [-0.25, -0.2) is 0 Å². The molecular weight excluding hydrogens is 170 g/mol. The van der Waals surface area contributed by atoms with Crippen molar-refractivity contribution in [2.45, 2.75) is 64.2 Å². The lowest BCUT2D eigenvalue weighted by atomic mass is 10.1. The van der Waals surface area contributed by atoms with E-state index >= 15 is 0 Å². The Hall–Kier alpha value is -0.300. The Labute approximate surface area is 89.8 Å². The van der Waals surface area contributed by atoms with Gasteiger partial charge in [0.25, 0.3) is 0 Å². The molecule has 0 aliphatic heterocycles. The second-order valence-corrected chi connectivity index (χ2v) is 4.00. The Bertz CT molecular complexity index is 110. The molecule has 2 N–H and O–H groups in total. The van der Waals surface area contributed by atoms with E-state index in [1.165, 1.54) is 57.8 Å². The van der Waals surface area contributed by atoms with Gasteiger partial charge < -0.3 is 5.73 Å². The van der Waals surface area contributed by atoms with Crippen LogP contribution in [0.1, 0.15) is 64.2 Å². The standard InChI is InChI=1S/C13H26N/c1-2-3-4-5-6-7-8-9-10-11-12-13-14/h1-2H,3-14H2. The second-order valence-electron chi connectivity index (χ2n) is 4.00. The number of hydrogen-bond donors (Lipinski definition) is 1. The highest BCUT2D eigenvalue weighted by Crippen LogP contribution is 2.10. The zero-order chi connectivity index (χ0) is 10.5. The molecule has 1 nitrogen and oxygen atoms in total. The highest BCUT2D eigenvalue weighted by Gasteiger charge is 1.91. The summed E-state index contributed by atoms with van der Waals surface area (Å²) < 4.78 is 0. The van der Waals surface area contributed by atoms with E-state index < -0.39 is 0 Å². The van der Waals surface area contributed by atoms with E-state index in [9.17, 15) is 0 Å². The zero-order valence-electron chi connectivity index (χ0n) is 9.51. The third-order valence-corrected chi connectivity index (χ3v) is 2.57. The van der Waals surface area contributed by atoms with Gasteiger partial charge in [0.15, 0.2) is 0 Å². The highest BCUT2D eigenvalue weighted by molar-refractivity contribution is 4.61. The Kier molecular flexibility index (Phi) is 12.4. The molecule has 0 saturated heterocycles. The van der Waals surface area contributed by atoms with Gasteiger partial charge in [-0.1, -0.05) is 57.6 Å². The molecule has 1 radical (unpaired) electrons. The lowest BCUT2D eigenvalue weighted by Gasteiger charge is -2.00. The molecule has 0 aliphatic carbocycles. The topological polar surface area (TPSA) is 26.0 Å². The largest absolute Gasteiger partial charge is 0.330 e. The summed E-state index contributed by atoms with van der Waals surface area (Å²) in [6, 6.07) is 0. The van der Waals surface area contributed by atoms with Gasteiger partial charge in [-0.05, 0) is 25.8 Å². The molecule has 83 valence electrons. The van der Waals surface area contributed by atoms with Gasteiger partial charge in [-0.3, -0.25) is 0 Å². The first-order chi connectivity index (χ1) is 6.91. The van der Waals surface area contributed by atoms with E-state index in [0.717, 1.165) is 13.0 Å². The van der Waals surface area contributed by atoms with Crippen LogP contribution in [0.3, 0.4) is 0 Å². The van der Waals surface area contributed by atoms with Crippen LogP contribution in [0.5, 0.6) is 0 Å². The van der Waals surface area contributed by atoms with Crippen LogP contribution < -0.4 is 5.73 Å². The van der Waals surface area contributed by atoms with Crippen molar-refractivity contribution in [2.75, 3.05) is 6.54 Å². The van der Waals surface area contributed by atoms with Crippen molar-refractivity contribution in [2.24, 2.45) is 5.73 Å². The lowest BCUT2D eigenvalue weighted by Crippen LogP contribution is -1.97. The van der Waals surface area contributed by atoms with Crippen LogP contribution in [0.2, 0.25) is 0 Å². The van der Waals surface area contributed by atoms with Crippen LogP contribution in [-0.4, -0.2) is 6.54 Å². The summed E-state index contributed by atoms with van der Waals surface area (Å²) in [4.78, 5) is 0.